The molecule has 1 atom stereocenters. The summed E-state index contributed by atoms with van der Waals surface area (Å²) in [6.45, 7) is 1.75. The molecule has 2 amide bonds. The molecule has 3 rings (SSSR count). The van der Waals surface area contributed by atoms with Crippen LogP contribution in [0, 0.1) is 0 Å². The van der Waals surface area contributed by atoms with Gasteiger partial charge in [-0.05, 0) is 29.8 Å². The molecule has 2 aromatic rings. The first-order valence-corrected chi connectivity index (χ1v) is 9.84. The largest absolute Gasteiger partial charge is 0.497 e. The van der Waals surface area contributed by atoms with Gasteiger partial charge in [0.15, 0.2) is 0 Å². The van der Waals surface area contributed by atoms with Crippen molar-refractivity contribution in [3.63, 3.8) is 0 Å². The first-order chi connectivity index (χ1) is 13.9. The molecule has 0 aromatic heterocycles. The van der Waals surface area contributed by atoms with Crippen molar-refractivity contribution in [1.29, 1.82) is 0 Å². The van der Waals surface area contributed by atoms with Crippen LogP contribution in [-0.4, -0.2) is 48.1 Å². The zero-order valence-corrected chi connectivity index (χ0v) is 17.5. The van der Waals surface area contributed by atoms with Gasteiger partial charge in [-0.2, -0.15) is 5.10 Å². The number of hydrogen-bond donors (Lipinski definition) is 0. The molecule has 29 heavy (non-hydrogen) atoms. The van der Waals surface area contributed by atoms with Gasteiger partial charge in [0.05, 0.1) is 18.9 Å². The van der Waals surface area contributed by atoms with E-state index in [1.807, 2.05) is 36.4 Å². The number of nitrogens with zero attached hydrogens (tertiary/aromatic N) is 3. The Morgan fingerprint density at radius 2 is 1.97 bits per heavy atom. The van der Waals surface area contributed by atoms with Crippen molar-refractivity contribution in [1.82, 2.24) is 9.91 Å². The Balaban J connectivity index is 1.91. The molecule has 0 bridgehead atoms. The van der Waals surface area contributed by atoms with Gasteiger partial charge in [-0.25, -0.2) is 5.01 Å². The van der Waals surface area contributed by atoms with E-state index in [4.69, 9.17) is 16.3 Å². The maximum atomic E-state index is 13.0. The third kappa shape index (κ3) is 4.77. The normalized spacial score (nSPS) is 15.8. The molecular formula is C22H24ClN3O3. The van der Waals surface area contributed by atoms with Crippen molar-refractivity contribution in [3.8, 4) is 5.75 Å². The van der Waals surface area contributed by atoms with Gasteiger partial charge >= 0.3 is 0 Å². The number of ether oxygens (including phenoxy) is 1. The first kappa shape index (κ1) is 20.9. The number of carbonyl (C=O) groups is 2. The average Bonchev–Trinajstić information content (AvgIpc) is 3.19. The number of benzene rings is 2. The first-order valence-electron chi connectivity index (χ1n) is 9.46. The molecule has 2 aromatic carbocycles. The Labute approximate surface area is 175 Å². The molecule has 1 aliphatic heterocycles. The van der Waals surface area contributed by atoms with E-state index in [0.29, 0.717) is 17.9 Å². The lowest BCUT2D eigenvalue weighted by Crippen LogP contribution is -2.38. The number of halogens is 1. The maximum absolute atomic E-state index is 13.0. The Morgan fingerprint density at radius 3 is 2.62 bits per heavy atom. The molecule has 7 heteroatoms. The number of likely N-dealkylation sites (N-methyl/N-ethyl adjacent to an activating group) is 1. The van der Waals surface area contributed by atoms with Crippen molar-refractivity contribution in [2.24, 2.45) is 5.10 Å². The third-order valence-electron chi connectivity index (χ3n) is 4.92. The fraction of sp³-hybridized carbons (Fsp3) is 0.318. The van der Waals surface area contributed by atoms with E-state index in [0.717, 1.165) is 22.6 Å². The molecule has 0 saturated heterocycles. The number of hydrogen-bond acceptors (Lipinski definition) is 4. The van der Waals surface area contributed by atoms with Crippen LogP contribution >= 0.6 is 11.6 Å². The summed E-state index contributed by atoms with van der Waals surface area (Å²) in [5.74, 6) is 0.413. The molecule has 0 aliphatic carbocycles. The second-order valence-electron chi connectivity index (χ2n) is 6.89. The summed E-state index contributed by atoms with van der Waals surface area (Å²) in [6, 6.07) is 14.8. The zero-order valence-electron chi connectivity index (χ0n) is 16.8. The van der Waals surface area contributed by atoms with Crippen molar-refractivity contribution in [3.05, 3.63) is 64.7 Å². The fourth-order valence-corrected chi connectivity index (χ4v) is 3.42. The van der Waals surface area contributed by atoms with Gasteiger partial charge in [-0.3, -0.25) is 9.59 Å². The fourth-order valence-electron chi connectivity index (χ4n) is 3.30. The van der Waals surface area contributed by atoms with Gasteiger partial charge in [0, 0.05) is 30.5 Å². The summed E-state index contributed by atoms with van der Waals surface area (Å²) in [7, 11) is 3.24. The number of amides is 2. The van der Waals surface area contributed by atoms with Crippen LogP contribution in [0.2, 0.25) is 5.02 Å². The molecule has 0 unspecified atom stereocenters. The highest BCUT2D eigenvalue weighted by atomic mass is 35.5. The number of methoxy groups -OCH3 is 1. The summed E-state index contributed by atoms with van der Waals surface area (Å²) >= 11 is 6.03. The second-order valence-corrected chi connectivity index (χ2v) is 7.33. The van der Waals surface area contributed by atoms with E-state index in [1.165, 1.54) is 9.91 Å². The highest BCUT2D eigenvalue weighted by Crippen LogP contribution is 2.34. The van der Waals surface area contributed by atoms with Crippen LogP contribution in [0.4, 0.5) is 0 Å². The summed E-state index contributed by atoms with van der Waals surface area (Å²) in [6.07, 6.45) is 0.911. The molecular weight excluding hydrogens is 390 g/mol. The Morgan fingerprint density at radius 1 is 1.24 bits per heavy atom. The average molecular weight is 414 g/mol. The van der Waals surface area contributed by atoms with Gasteiger partial charge in [0.25, 0.3) is 5.91 Å². The number of rotatable bonds is 6. The summed E-state index contributed by atoms with van der Waals surface area (Å²) in [5.41, 5.74) is 2.63. The number of hydrazone groups is 1. The smallest absolute Gasteiger partial charge is 0.262 e. The molecule has 0 fully saturated rings. The second kappa shape index (κ2) is 9.09. The predicted molar refractivity (Wildman–Crippen MR) is 113 cm³/mol. The standard InChI is InChI=1S/C22H24ClN3O3/c1-4-21(27)25(2)14-22(28)26-20(15-8-10-17(23)11-9-15)13-19(24-26)16-6-5-7-18(12-16)29-3/h5-12,20H,4,13-14H2,1-3H3/t20-/m1/s1. The third-order valence-corrected chi connectivity index (χ3v) is 5.18. The molecule has 0 saturated carbocycles. The van der Waals surface area contributed by atoms with Gasteiger partial charge in [-0.1, -0.05) is 42.8 Å². The van der Waals surface area contributed by atoms with E-state index in [-0.39, 0.29) is 24.4 Å². The topological polar surface area (TPSA) is 62.2 Å². The van der Waals surface area contributed by atoms with Gasteiger partial charge in [0.1, 0.15) is 12.3 Å². The SMILES string of the molecule is CCC(=O)N(C)CC(=O)N1N=C(c2cccc(OC)c2)C[C@@H]1c1ccc(Cl)cc1. The highest BCUT2D eigenvalue weighted by Gasteiger charge is 2.33. The van der Waals surface area contributed by atoms with E-state index >= 15 is 0 Å². The summed E-state index contributed by atoms with van der Waals surface area (Å²) < 4.78 is 5.31. The maximum Gasteiger partial charge on any atom is 0.262 e. The quantitative estimate of drug-likeness (QED) is 0.721. The van der Waals surface area contributed by atoms with E-state index in [2.05, 4.69) is 5.10 Å². The van der Waals surface area contributed by atoms with E-state index in [9.17, 15) is 9.59 Å². The van der Waals surface area contributed by atoms with Crippen LogP contribution in [0.3, 0.4) is 0 Å². The minimum atomic E-state index is -0.258. The Kier molecular flexibility index (Phi) is 6.54. The Bertz CT molecular complexity index is 927. The lowest BCUT2D eigenvalue weighted by molar-refractivity contribution is -0.140. The molecule has 6 nitrogen and oxygen atoms in total. The monoisotopic (exact) mass is 413 g/mol. The van der Waals surface area contributed by atoms with E-state index < -0.39 is 0 Å². The Hall–Kier alpha value is -2.86. The highest BCUT2D eigenvalue weighted by molar-refractivity contribution is 6.30. The van der Waals surface area contributed by atoms with Crippen LogP contribution in [0.15, 0.2) is 53.6 Å². The van der Waals surface area contributed by atoms with Crippen LogP contribution in [-0.2, 0) is 9.59 Å². The lowest BCUT2D eigenvalue weighted by atomic mass is 9.98. The molecule has 1 heterocycles. The molecule has 1 aliphatic rings. The van der Waals surface area contributed by atoms with Gasteiger partial charge in [0.2, 0.25) is 5.91 Å². The van der Waals surface area contributed by atoms with Gasteiger partial charge < -0.3 is 9.64 Å². The lowest BCUT2D eigenvalue weighted by Gasteiger charge is -2.24. The van der Waals surface area contributed by atoms with Crippen LogP contribution in [0.1, 0.15) is 36.9 Å². The summed E-state index contributed by atoms with van der Waals surface area (Å²) in [5, 5.41) is 6.74. The molecule has 0 N–H and O–H groups in total. The van der Waals surface area contributed by atoms with Gasteiger partial charge in [-0.15, -0.1) is 0 Å². The van der Waals surface area contributed by atoms with Crippen LogP contribution < -0.4 is 4.74 Å². The summed E-state index contributed by atoms with van der Waals surface area (Å²) in [4.78, 5) is 26.3. The van der Waals surface area contributed by atoms with Crippen molar-refractivity contribution in [2.45, 2.75) is 25.8 Å². The molecule has 0 spiro atoms. The molecule has 152 valence electrons. The predicted octanol–water partition coefficient (Wildman–Crippen LogP) is 3.89. The zero-order chi connectivity index (χ0) is 21.0. The van der Waals surface area contributed by atoms with Crippen molar-refractivity contribution < 1.29 is 14.3 Å². The number of carbonyl (C=O) groups excluding carboxylic acids is 2. The van der Waals surface area contributed by atoms with Crippen molar-refractivity contribution >= 4 is 29.1 Å². The minimum Gasteiger partial charge on any atom is -0.497 e. The van der Waals surface area contributed by atoms with Crippen LogP contribution in [0.25, 0.3) is 0 Å². The molecule has 0 radical (unpaired) electrons. The van der Waals surface area contributed by atoms with Crippen LogP contribution in [0.5, 0.6) is 5.75 Å². The van der Waals surface area contributed by atoms with Crippen molar-refractivity contribution in [2.75, 3.05) is 20.7 Å². The van der Waals surface area contributed by atoms with E-state index in [1.54, 1.807) is 33.2 Å². The minimum absolute atomic E-state index is 0.0222.